The molecule has 0 heterocycles. The van der Waals surface area contributed by atoms with E-state index in [1.165, 1.54) is 5.56 Å². The van der Waals surface area contributed by atoms with E-state index in [4.69, 9.17) is 14.9 Å². The van der Waals surface area contributed by atoms with Crippen LogP contribution in [0.3, 0.4) is 0 Å². The summed E-state index contributed by atoms with van der Waals surface area (Å²) in [7, 11) is 0. The van der Waals surface area contributed by atoms with Crippen molar-refractivity contribution in [2.75, 3.05) is 13.2 Å². The lowest BCUT2D eigenvalue weighted by Crippen LogP contribution is -2.04. The molecule has 2 rings (SSSR count). The molecule has 4 heteroatoms. The minimum Gasteiger partial charge on any atom is -0.491 e. The van der Waals surface area contributed by atoms with Crippen molar-refractivity contribution in [3.05, 3.63) is 29.3 Å². The zero-order chi connectivity index (χ0) is 12.3. The molecule has 0 unspecified atom stereocenters. The highest BCUT2D eigenvalue weighted by Gasteiger charge is 2.24. The Morgan fingerprint density at radius 3 is 3.00 bits per heavy atom. The van der Waals surface area contributed by atoms with Gasteiger partial charge in [0, 0.05) is 0 Å². The zero-order valence-corrected chi connectivity index (χ0v) is 9.56. The second-order valence-electron chi connectivity index (χ2n) is 4.27. The van der Waals surface area contributed by atoms with Crippen molar-refractivity contribution in [1.29, 1.82) is 0 Å². The van der Waals surface area contributed by atoms with Crippen molar-refractivity contribution in [2.24, 2.45) is 0 Å². The maximum absolute atomic E-state index is 10.7. The molecule has 0 amide bonds. The molecule has 0 aliphatic heterocycles. The Kier molecular flexibility index (Phi) is 3.64. The van der Waals surface area contributed by atoms with Crippen LogP contribution in [0.1, 0.15) is 29.9 Å². The number of fused-ring (bicyclic) bond motifs is 1. The van der Waals surface area contributed by atoms with Crippen LogP contribution >= 0.6 is 0 Å². The van der Waals surface area contributed by atoms with E-state index in [-0.39, 0.29) is 25.6 Å². The molecule has 0 spiro atoms. The van der Waals surface area contributed by atoms with Crippen LogP contribution in [0.25, 0.3) is 0 Å². The SMILES string of the molecule is O=C(O)C[C@@H]1CCc2cc(OCCO)ccc21. The van der Waals surface area contributed by atoms with E-state index in [0.717, 1.165) is 24.2 Å². The van der Waals surface area contributed by atoms with E-state index in [1.54, 1.807) is 0 Å². The first-order valence-corrected chi connectivity index (χ1v) is 5.79. The number of aliphatic carboxylic acids is 1. The van der Waals surface area contributed by atoms with Crippen LogP contribution in [-0.4, -0.2) is 29.4 Å². The summed E-state index contributed by atoms with van der Waals surface area (Å²) in [5.74, 6) is 0.131. The van der Waals surface area contributed by atoms with Crippen molar-refractivity contribution in [2.45, 2.75) is 25.2 Å². The van der Waals surface area contributed by atoms with Gasteiger partial charge in [0.05, 0.1) is 13.0 Å². The third-order valence-electron chi connectivity index (χ3n) is 3.10. The van der Waals surface area contributed by atoms with Crippen molar-refractivity contribution < 1.29 is 19.7 Å². The van der Waals surface area contributed by atoms with Crippen molar-refractivity contribution in [3.8, 4) is 5.75 Å². The molecule has 0 bridgehead atoms. The van der Waals surface area contributed by atoms with Crippen LogP contribution in [0.5, 0.6) is 5.75 Å². The number of carbonyl (C=O) groups is 1. The summed E-state index contributed by atoms with van der Waals surface area (Å²) in [4.78, 5) is 10.7. The highest BCUT2D eigenvalue weighted by molar-refractivity contribution is 5.68. The first-order valence-electron chi connectivity index (χ1n) is 5.79. The summed E-state index contributed by atoms with van der Waals surface area (Å²) in [6.45, 7) is 0.288. The van der Waals surface area contributed by atoms with Gasteiger partial charge in [-0.1, -0.05) is 6.07 Å². The van der Waals surface area contributed by atoms with Crippen LogP contribution in [0.15, 0.2) is 18.2 Å². The molecule has 0 saturated heterocycles. The normalized spacial score (nSPS) is 17.8. The lowest BCUT2D eigenvalue weighted by molar-refractivity contribution is -0.137. The summed E-state index contributed by atoms with van der Waals surface area (Å²) < 4.78 is 5.33. The monoisotopic (exact) mass is 236 g/mol. The Labute approximate surface area is 99.8 Å². The van der Waals surface area contributed by atoms with Crippen LogP contribution in [0.2, 0.25) is 0 Å². The third kappa shape index (κ3) is 2.77. The number of aliphatic hydroxyl groups excluding tert-OH is 1. The van der Waals surface area contributed by atoms with Crippen molar-refractivity contribution >= 4 is 5.97 Å². The Hall–Kier alpha value is -1.55. The second kappa shape index (κ2) is 5.19. The number of aryl methyl sites for hydroxylation is 1. The van der Waals surface area contributed by atoms with Gasteiger partial charge >= 0.3 is 5.97 Å². The predicted octanol–water partition coefficient (Wildman–Crippen LogP) is 1.56. The Balaban J connectivity index is 2.11. The van der Waals surface area contributed by atoms with Crippen LogP contribution < -0.4 is 4.74 Å². The molecule has 4 nitrogen and oxygen atoms in total. The molecule has 0 fully saturated rings. The third-order valence-corrected chi connectivity index (χ3v) is 3.10. The lowest BCUT2D eigenvalue weighted by Gasteiger charge is -2.10. The number of ether oxygens (including phenoxy) is 1. The molecule has 0 radical (unpaired) electrons. The summed E-state index contributed by atoms with van der Waals surface area (Å²) in [5, 5.41) is 17.5. The quantitative estimate of drug-likeness (QED) is 0.814. The number of benzene rings is 1. The van der Waals surface area contributed by atoms with Gasteiger partial charge in [-0.2, -0.15) is 0 Å². The first kappa shape index (κ1) is 11.9. The molecular formula is C13H16O4. The number of carboxylic acids is 1. The van der Waals surface area contributed by atoms with E-state index < -0.39 is 5.97 Å². The Morgan fingerprint density at radius 1 is 1.47 bits per heavy atom. The molecule has 1 aromatic rings. The Bertz CT molecular complexity index is 414. The molecule has 1 aliphatic carbocycles. The number of carboxylic acid groups (broad SMARTS) is 1. The van der Waals surface area contributed by atoms with E-state index in [1.807, 2.05) is 18.2 Å². The summed E-state index contributed by atoms with van der Waals surface area (Å²) in [6.07, 6.45) is 2.00. The average molecular weight is 236 g/mol. The van der Waals surface area contributed by atoms with Gasteiger partial charge in [-0.05, 0) is 42.0 Å². The molecular weight excluding hydrogens is 220 g/mol. The fourth-order valence-electron chi connectivity index (χ4n) is 2.36. The highest BCUT2D eigenvalue weighted by atomic mass is 16.5. The van der Waals surface area contributed by atoms with Crippen LogP contribution in [-0.2, 0) is 11.2 Å². The van der Waals surface area contributed by atoms with Gasteiger partial charge in [-0.25, -0.2) is 0 Å². The molecule has 0 aromatic heterocycles. The van der Waals surface area contributed by atoms with E-state index >= 15 is 0 Å². The number of aliphatic hydroxyl groups is 1. The predicted molar refractivity (Wildman–Crippen MR) is 62.3 cm³/mol. The van der Waals surface area contributed by atoms with Crippen LogP contribution in [0, 0.1) is 0 Å². The highest BCUT2D eigenvalue weighted by Crippen LogP contribution is 2.37. The molecule has 2 N–H and O–H groups in total. The van der Waals surface area contributed by atoms with Gasteiger partial charge in [0.2, 0.25) is 0 Å². The number of hydrogen-bond acceptors (Lipinski definition) is 3. The minimum absolute atomic E-state index is 0.00127. The Morgan fingerprint density at radius 2 is 2.29 bits per heavy atom. The number of hydrogen-bond donors (Lipinski definition) is 2. The second-order valence-corrected chi connectivity index (χ2v) is 4.27. The zero-order valence-electron chi connectivity index (χ0n) is 9.56. The molecule has 1 aromatic carbocycles. The maximum Gasteiger partial charge on any atom is 0.303 e. The van der Waals surface area contributed by atoms with Crippen molar-refractivity contribution in [3.63, 3.8) is 0 Å². The van der Waals surface area contributed by atoms with Gasteiger partial charge in [-0.3, -0.25) is 4.79 Å². The fourth-order valence-corrected chi connectivity index (χ4v) is 2.36. The first-order chi connectivity index (χ1) is 8.20. The summed E-state index contributed by atoms with van der Waals surface area (Å²) >= 11 is 0. The van der Waals surface area contributed by atoms with Gasteiger partial charge < -0.3 is 14.9 Å². The minimum atomic E-state index is -0.747. The topological polar surface area (TPSA) is 66.8 Å². The molecule has 92 valence electrons. The molecule has 1 aliphatic rings. The van der Waals surface area contributed by atoms with E-state index in [0.29, 0.717) is 0 Å². The van der Waals surface area contributed by atoms with E-state index in [2.05, 4.69) is 0 Å². The molecule has 0 saturated carbocycles. The average Bonchev–Trinajstić information content (AvgIpc) is 2.68. The number of rotatable bonds is 5. The van der Waals surface area contributed by atoms with Crippen molar-refractivity contribution in [1.82, 2.24) is 0 Å². The van der Waals surface area contributed by atoms with Gasteiger partial charge in [0.25, 0.3) is 0 Å². The maximum atomic E-state index is 10.7. The van der Waals surface area contributed by atoms with Gasteiger partial charge in [0.15, 0.2) is 0 Å². The largest absolute Gasteiger partial charge is 0.491 e. The van der Waals surface area contributed by atoms with Gasteiger partial charge in [-0.15, -0.1) is 0 Å². The lowest BCUT2D eigenvalue weighted by atomic mass is 9.98. The molecule has 17 heavy (non-hydrogen) atoms. The summed E-state index contributed by atoms with van der Waals surface area (Å²) in [5.41, 5.74) is 2.30. The van der Waals surface area contributed by atoms with Crippen LogP contribution in [0.4, 0.5) is 0 Å². The standard InChI is InChI=1S/C13H16O4/c14-5-6-17-11-3-4-12-9(7-11)1-2-10(12)8-13(15)16/h3-4,7,10,14H,1-2,5-6,8H2,(H,15,16)/t10-/m0/s1. The smallest absolute Gasteiger partial charge is 0.303 e. The fraction of sp³-hybridized carbons (Fsp3) is 0.462. The van der Waals surface area contributed by atoms with Gasteiger partial charge in [0.1, 0.15) is 12.4 Å². The summed E-state index contributed by atoms with van der Waals surface area (Å²) in [6, 6.07) is 5.74. The van der Waals surface area contributed by atoms with E-state index in [9.17, 15) is 4.79 Å². The molecule has 1 atom stereocenters.